The summed E-state index contributed by atoms with van der Waals surface area (Å²) >= 11 is 0. The van der Waals surface area contributed by atoms with Gasteiger partial charge in [-0.15, -0.1) is 0 Å². The molecule has 0 saturated heterocycles. The number of hydrogen-bond acceptors (Lipinski definition) is 3. The number of para-hydroxylation sites is 1. The van der Waals surface area contributed by atoms with Gasteiger partial charge in [0.25, 0.3) is 0 Å². The molecule has 0 aliphatic heterocycles. The monoisotopic (exact) mass is 396 g/mol. The van der Waals surface area contributed by atoms with E-state index in [0.29, 0.717) is 0 Å². The lowest BCUT2D eigenvalue weighted by atomic mass is 9.95. The summed E-state index contributed by atoms with van der Waals surface area (Å²) in [4.78, 5) is 11.6. The predicted octanol–water partition coefficient (Wildman–Crippen LogP) is 3.79. The Kier molecular flexibility index (Phi) is 5.67. The third kappa shape index (κ3) is 4.70. The number of primary sulfonamides is 1. The standard InChI is InChI=1S/C15H13FN2O3S.C6H4/c16-12-6-2-1-5-11(12)9-10-15(19)18-13-7-3-4-8-14(13)22(17,20)21;1-2-6-4-3-5(1)6/h1-10H,(H,18,19)(H2,17,20,21);1-4H. The Labute approximate surface area is 162 Å². The number of carbonyl (C=O) groups is 1. The SMILES string of the molecule is NS(=O)(=O)c1ccccc1NC(=O)C=Cc1ccccc1F.c1cc2ccc1-2. The molecule has 0 spiro atoms. The Hall–Kier alpha value is -3.29. The van der Waals surface area contributed by atoms with Crippen molar-refractivity contribution in [1.82, 2.24) is 0 Å². The molecule has 2 aliphatic carbocycles. The maximum Gasteiger partial charge on any atom is 0.248 e. The minimum absolute atomic E-state index is 0.0631. The fourth-order valence-corrected chi connectivity index (χ4v) is 3.12. The van der Waals surface area contributed by atoms with Gasteiger partial charge in [-0.3, -0.25) is 4.79 Å². The van der Waals surface area contributed by atoms with Crippen molar-refractivity contribution in [2.24, 2.45) is 5.14 Å². The number of nitrogens with two attached hydrogens (primary N) is 1. The normalized spacial score (nSPS) is 11.5. The number of hydrogen-bond donors (Lipinski definition) is 2. The van der Waals surface area contributed by atoms with Crippen LogP contribution >= 0.6 is 0 Å². The lowest BCUT2D eigenvalue weighted by Crippen LogP contribution is -2.17. The van der Waals surface area contributed by atoms with Crippen molar-refractivity contribution < 1.29 is 17.6 Å². The number of fused-ring (bicyclic) bond motifs is 1. The molecule has 2 aromatic rings. The first-order chi connectivity index (χ1) is 13.3. The number of halogens is 1. The molecule has 0 aromatic heterocycles. The Morgan fingerprint density at radius 1 is 0.893 bits per heavy atom. The number of amides is 1. The van der Waals surface area contributed by atoms with Crippen molar-refractivity contribution in [3.63, 3.8) is 0 Å². The van der Waals surface area contributed by atoms with Crippen LogP contribution in [0.15, 0.2) is 83.8 Å². The van der Waals surface area contributed by atoms with Gasteiger partial charge >= 0.3 is 0 Å². The summed E-state index contributed by atoms with van der Waals surface area (Å²) in [5.41, 5.74) is 3.16. The quantitative estimate of drug-likeness (QED) is 0.514. The van der Waals surface area contributed by atoms with Crippen LogP contribution in [0.5, 0.6) is 0 Å². The van der Waals surface area contributed by atoms with Gasteiger partial charge in [0.15, 0.2) is 0 Å². The van der Waals surface area contributed by atoms with Gasteiger partial charge in [0.05, 0.1) is 5.69 Å². The van der Waals surface area contributed by atoms with E-state index in [1.54, 1.807) is 12.1 Å². The van der Waals surface area contributed by atoms with Crippen LogP contribution in [0.3, 0.4) is 0 Å². The second-order valence-electron chi connectivity index (χ2n) is 5.96. The first kappa shape index (κ1) is 19.5. The summed E-state index contributed by atoms with van der Waals surface area (Å²) in [6.45, 7) is 0. The fraction of sp³-hybridized carbons (Fsp3) is 0. The van der Waals surface area contributed by atoms with E-state index in [1.807, 2.05) is 0 Å². The lowest BCUT2D eigenvalue weighted by molar-refractivity contribution is -0.111. The number of benzene rings is 3. The van der Waals surface area contributed by atoms with E-state index in [1.165, 1.54) is 53.6 Å². The second-order valence-corrected chi connectivity index (χ2v) is 7.49. The molecule has 7 heteroatoms. The van der Waals surface area contributed by atoms with E-state index in [9.17, 15) is 17.6 Å². The maximum atomic E-state index is 13.4. The summed E-state index contributed by atoms with van der Waals surface area (Å²) in [6.07, 6.45) is 2.41. The van der Waals surface area contributed by atoms with E-state index < -0.39 is 21.7 Å². The smallest absolute Gasteiger partial charge is 0.248 e. The van der Waals surface area contributed by atoms with Crippen LogP contribution in [0.25, 0.3) is 17.2 Å². The third-order valence-corrected chi connectivity index (χ3v) is 4.96. The molecular formula is C21H17FN2O3S. The summed E-state index contributed by atoms with van der Waals surface area (Å²) in [6, 6.07) is 20.2. The molecular weight excluding hydrogens is 379 g/mol. The molecule has 0 heterocycles. The minimum atomic E-state index is -3.95. The number of anilines is 1. The molecule has 0 saturated carbocycles. The van der Waals surface area contributed by atoms with Crippen molar-refractivity contribution in [2.45, 2.75) is 4.90 Å². The number of rotatable bonds is 4. The minimum Gasteiger partial charge on any atom is -0.321 e. The van der Waals surface area contributed by atoms with Crippen LogP contribution in [0.1, 0.15) is 5.56 Å². The Morgan fingerprint density at radius 3 is 2.00 bits per heavy atom. The molecule has 0 atom stereocenters. The second kappa shape index (κ2) is 8.16. The van der Waals surface area contributed by atoms with Gasteiger partial charge in [0, 0.05) is 11.6 Å². The molecule has 2 aliphatic rings. The average molecular weight is 396 g/mol. The van der Waals surface area contributed by atoms with E-state index in [-0.39, 0.29) is 16.1 Å². The Bertz CT molecular complexity index is 1120. The molecule has 1 amide bonds. The van der Waals surface area contributed by atoms with Crippen LogP contribution in [-0.4, -0.2) is 14.3 Å². The van der Waals surface area contributed by atoms with E-state index in [4.69, 9.17) is 5.14 Å². The summed E-state index contributed by atoms with van der Waals surface area (Å²) in [5, 5.41) is 7.47. The van der Waals surface area contributed by atoms with Gasteiger partial charge in [-0.25, -0.2) is 17.9 Å². The number of sulfonamides is 1. The first-order valence-electron chi connectivity index (χ1n) is 8.30. The van der Waals surface area contributed by atoms with Crippen LogP contribution in [-0.2, 0) is 14.8 Å². The zero-order valence-electron chi connectivity index (χ0n) is 14.7. The molecule has 0 unspecified atom stereocenters. The van der Waals surface area contributed by atoms with Gasteiger partial charge < -0.3 is 5.32 Å². The largest absolute Gasteiger partial charge is 0.321 e. The van der Waals surface area contributed by atoms with Crippen molar-refractivity contribution in [2.75, 3.05) is 5.32 Å². The van der Waals surface area contributed by atoms with Gasteiger partial charge in [-0.1, -0.05) is 54.6 Å². The molecule has 4 rings (SSSR count). The molecule has 0 fully saturated rings. The van der Waals surface area contributed by atoms with Crippen LogP contribution in [0.2, 0.25) is 0 Å². The Balaban J connectivity index is 0.000000311. The topological polar surface area (TPSA) is 89.3 Å². The Morgan fingerprint density at radius 2 is 1.46 bits per heavy atom. The molecule has 0 radical (unpaired) electrons. The van der Waals surface area contributed by atoms with Crippen molar-refractivity contribution >= 4 is 27.7 Å². The fourth-order valence-electron chi connectivity index (χ4n) is 2.43. The van der Waals surface area contributed by atoms with E-state index >= 15 is 0 Å². The highest BCUT2D eigenvalue weighted by Gasteiger charge is 2.14. The van der Waals surface area contributed by atoms with Gasteiger partial charge in [-0.05, 0) is 35.4 Å². The highest BCUT2D eigenvalue weighted by atomic mass is 32.2. The van der Waals surface area contributed by atoms with E-state index in [0.717, 1.165) is 6.08 Å². The number of carbonyl (C=O) groups excluding carboxylic acids is 1. The molecule has 3 N–H and O–H groups in total. The average Bonchev–Trinajstić information content (AvgIpc) is 2.64. The van der Waals surface area contributed by atoms with Crippen molar-refractivity contribution in [3.8, 4) is 11.1 Å². The van der Waals surface area contributed by atoms with Crippen molar-refractivity contribution in [3.05, 3.63) is 90.3 Å². The predicted molar refractivity (Wildman–Crippen MR) is 107 cm³/mol. The molecule has 0 bridgehead atoms. The maximum absolute atomic E-state index is 13.4. The van der Waals surface area contributed by atoms with Crippen LogP contribution in [0.4, 0.5) is 10.1 Å². The first-order valence-corrected chi connectivity index (χ1v) is 9.85. The summed E-state index contributed by atoms with van der Waals surface area (Å²) in [7, 11) is -3.95. The lowest BCUT2D eigenvalue weighted by Gasteiger charge is -2.10. The van der Waals surface area contributed by atoms with Crippen LogP contribution < -0.4 is 10.5 Å². The molecule has 142 valence electrons. The van der Waals surface area contributed by atoms with Gasteiger partial charge in [0.1, 0.15) is 10.7 Å². The van der Waals surface area contributed by atoms with Crippen molar-refractivity contribution in [1.29, 1.82) is 0 Å². The van der Waals surface area contributed by atoms with E-state index in [2.05, 4.69) is 29.6 Å². The molecule has 28 heavy (non-hydrogen) atoms. The zero-order valence-corrected chi connectivity index (χ0v) is 15.5. The summed E-state index contributed by atoms with van der Waals surface area (Å²) in [5.74, 6) is -1.06. The van der Waals surface area contributed by atoms with Gasteiger partial charge in [0.2, 0.25) is 15.9 Å². The highest BCUT2D eigenvalue weighted by Crippen LogP contribution is 2.29. The summed E-state index contributed by atoms with van der Waals surface area (Å²) < 4.78 is 36.2. The zero-order chi connectivity index (χ0) is 20.1. The number of nitrogens with one attached hydrogen (secondary N) is 1. The third-order valence-electron chi connectivity index (χ3n) is 3.99. The highest BCUT2D eigenvalue weighted by molar-refractivity contribution is 7.89. The molecule has 5 nitrogen and oxygen atoms in total. The van der Waals surface area contributed by atoms with Crippen LogP contribution in [0, 0.1) is 5.82 Å². The molecule has 2 aromatic carbocycles. The van der Waals surface area contributed by atoms with Gasteiger partial charge in [-0.2, -0.15) is 0 Å².